The van der Waals surface area contributed by atoms with Crippen LogP contribution in [0, 0.1) is 0 Å². The first-order valence-electron chi connectivity index (χ1n) is 7.87. The molecule has 1 heterocycles. The first-order valence-corrected chi connectivity index (χ1v) is 8.85. The Kier molecular flexibility index (Phi) is 6.93. The molecule has 1 aromatic rings. The van der Waals surface area contributed by atoms with Crippen LogP contribution in [0.15, 0.2) is 18.2 Å². The zero-order chi connectivity index (χ0) is 18.2. The van der Waals surface area contributed by atoms with Crippen LogP contribution in [0.1, 0.15) is 23.7 Å². The van der Waals surface area contributed by atoms with Gasteiger partial charge >= 0.3 is 0 Å². The molecular weight excluding hydrogens is 346 g/mol. The van der Waals surface area contributed by atoms with Crippen LogP contribution in [0.5, 0.6) is 11.5 Å². The zero-order valence-electron chi connectivity index (χ0n) is 14.2. The summed E-state index contributed by atoms with van der Waals surface area (Å²) in [6, 6.07) is 4.75. The summed E-state index contributed by atoms with van der Waals surface area (Å²) in [5, 5.41) is -0.0154. The van der Waals surface area contributed by atoms with Gasteiger partial charge < -0.3 is 14.4 Å². The minimum absolute atomic E-state index is 0.0154. The summed E-state index contributed by atoms with van der Waals surface area (Å²) in [5.74, 6) is 0.889. The number of benzene rings is 1. The Bertz CT molecular complexity index is 653. The van der Waals surface area contributed by atoms with Gasteiger partial charge in [-0.2, -0.15) is 0 Å². The normalized spacial score (nSPS) is 13.5. The van der Waals surface area contributed by atoms with Crippen LogP contribution in [0.25, 0.3) is 0 Å². The van der Waals surface area contributed by atoms with Crippen LogP contribution in [-0.4, -0.2) is 54.5 Å². The van der Waals surface area contributed by atoms with E-state index in [-0.39, 0.29) is 17.6 Å². The van der Waals surface area contributed by atoms with E-state index in [1.165, 1.54) is 24.9 Å². The molecule has 136 valence electrons. The average Bonchev–Trinajstić information content (AvgIpc) is 3.03. The van der Waals surface area contributed by atoms with Gasteiger partial charge in [0.2, 0.25) is 5.91 Å². The minimum Gasteiger partial charge on any atom is -0.493 e. The number of carbonyl (C=O) groups excluding carboxylic acids is 3. The van der Waals surface area contributed by atoms with Crippen LogP contribution in [0.2, 0.25) is 0 Å². The Hall–Kier alpha value is -2.42. The average molecular weight is 367 g/mol. The molecule has 1 saturated heterocycles. The number of nitrogens with zero attached hydrogens (tertiary/aromatic N) is 1. The molecule has 1 fully saturated rings. The molecular formula is C16H21N3O5S. The second-order valence-corrected chi connectivity index (χ2v) is 6.20. The standard InChI is InChI=1S/C16H21N3O5S/c1-3-24-12-5-4-11(10-13(12)23-2)15(21)18-17-14(20)6-7-19-8-9-25-16(19)22/h4-5,10H,3,6-9H2,1-2H3,(H,17,20)(H,18,21). The molecule has 0 atom stereocenters. The predicted octanol–water partition coefficient (Wildman–Crippen LogP) is 1.41. The van der Waals surface area contributed by atoms with Gasteiger partial charge in [0, 0.05) is 30.8 Å². The van der Waals surface area contributed by atoms with E-state index in [4.69, 9.17) is 9.47 Å². The van der Waals surface area contributed by atoms with Crippen molar-refractivity contribution in [1.29, 1.82) is 0 Å². The van der Waals surface area contributed by atoms with Gasteiger partial charge in [0.05, 0.1) is 13.7 Å². The van der Waals surface area contributed by atoms with Crippen molar-refractivity contribution in [3.63, 3.8) is 0 Å². The Morgan fingerprint density at radius 1 is 1.28 bits per heavy atom. The first-order chi connectivity index (χ1) is 12.0. The van der Waals surface area contributed by atoms with Crippen molar-refractivity contribution in [3.05, 3.63) is 23.8 Å². The van der Waals surface area contributed by atoms with E-state index in [0.717, 1.165) is 5.75 Å². The fraction of sp³-hybridized carbons (Fsp3) is 0.438. The molecule has 8 nitrogen and oxygen atoms in total. The van der Waals surface area contributed by atoms with Crippen molar-refractivity contribution in [2.24, 2.45) is 0 Å². The first kappa shape index (κ1) is 18.9. The Morgan fingerprint density at radius 2 is 2.08 bits per heavy atom. The molecule has 0 radical (unpaired) electrons. The predicted molar refractivity (Wildman–Crippen MR) is 93.8 cm³/mol. The number of amides is 3. The Morgan fingerprint density at radius 3 is 2.72 bits per heavy atom. The second kappa shape index (κ2) is 9.16. The number of ether oxygens (including phenoxy) is 2. The molecule has 25 heavy (non-hydrogen) atoms. The van der Waals surface area contributed by atoms with Crippen molar-refractivity contribution in [1.82, 2.24) is 15.8 Å². The summed E-state index contributed by atoms with van der Waals surface area (Å²) in [7, 11) is 1.49. The lowest BCUT2D eigenvalue weighted by Gasteiger charge is -2.14. The highest BCUT2D eigenvalue weighted by Crippen LogP contribution is 2.27. The van der Waals surface area contributed by atoms with Crippen molar-refractivity contribution in [3.8, 4) is 11.5 Å². The van der Waals surface area contributed by atoms with E-state index in [9.17, 15) is 14.4 Å². The minimum atomic E-state index is -0.470. The largest absolute Gasteiger partial charge is 0.493 e. The Labute approximate surface area is 150 Å². The van der Waals surface area contributed by atoms with Crippen molar-refractivity contribution in [2.75, 3.05) is 32.6 Å². The lowest BCUT2D eigenvalue weighted by Crippen LogP contribution is -2.42. The second-order valence-electron chi connectivity index (χ2n) is 5.15. The van der Waals surface area contributed by atoms with Gasteiger partial charge in [0.15, 0.2) is 11.5 Å². The maximum absolute atomic E-state index is 12.1. The molecule has 9 heteroatoms. The number of thioether (sulfide) groups is 1. The molecule has 3 amide bonds. The van der Waals surface area contributed by atoms with E-state index in [1.807, 2.05) is 6.92 Å². The smallest absolute Gasteiger partial charge is 0.281 e. The van der Waals surface area contributed by atoms with E-state index >= 15 is 0 Å². The fourth-order valence-corrected chi connectivity index (χ4v) is 3.06. The van der Waals surface area contributed by atoms with Gasteiger partial charge in [-0.3, -0.25) is 25.2 Å². The molecule has 0 aliphatic carbocycles. The molecule has 2 rings (SSSR count). The van der Waals surface area contributed by atoms with E-state index in [0.29, 0.717) is 36.8 Å². The zero-order valence-corrected chi connectivity index (χ0v) is 15.0. The van der Waals surface area contributed by atoms with Crippen LogP contribution < -0.4 is 20.3 Å². The lowest BCUT2D eigenvalue weighted by atomic mass is 10.2. The van der Waals surface area contributed by atoms with Crippen LogP contribution in [-0.2, 0) is 4.79 Å². The molecule has 1 aliphatic rings. The van der Waals surface area contributed by atoms with Crippen molar-refractivity contribution in [2.45, 2.75) is 13.3 Å². The monoisotopic (exact) mass is 367 g/mol. The van der Waals surface area contributed by atoms with Crippen LogP contribution in [0.4, 0.5) is 4.79 Å². The maximum atomic E-state index is 12.1. The third-order valence-electron chi connectivity index (χ3n) is 3.49. The topological polar surface area (TPSA) is 97.0 Å². The summed E-state index contributed by atoms with van der Waals surface area (Å²) < 4.78 is 10.6. The van der Waals surface area contributed by atoms with E-state index in [2.05, 4.69) is 10.9 Å². The van der Waals surface area contributed by atoms with E-state index in [1.54, 1.807) is 17.0 Å². The SMILES string of the molecule is CCOc1ccc(C(=O)NNC(=O)CCN2CCSC2=O)cc1OC. The molecule has 1 aromatic carbocycles. The molecule has 0 aromatic heterocycles. The molecule has 0 saturated carbocycles. The van der Waals surface area contributed by atoms with Gasteiger partial charge in [-0.05, 0) is 25.1 Å². The molecule has 2 N–H and O–H groups in total. The summed E-state index contributed by atoms with van der Waals surface area (Å²) in [4.78, 5) is 37.0. The fourth-order valence-electron chi connectivity index (χ4n) is 2.21. The Balaban J connectivity index is 1.82. The van der Waals surface area contributed by atoms with Gasteiger partial charge in [0.25, 0.3) is 11.1 Å². The molecule has 1 aliphatic heterocycles. The van der Waals surface area contributed by atoms with Crippen molar-refractivity contribution < 1.29 is 23.9 Å². The molecule has 0 spiro atoms. The van der Waals surface area contributed by atoms with E-state index < -0.39 is 5.91 Å². The van der Waals surface area contributed by atoms with Crippen LogP contribution in [0.3, 0.4) is 0 Å². The number of hydrazine groups is 1. The van der Waals surface area contributed by atoms with Gasteiger partial charge in [-0.15, -0.1) is 0 Å². The van der Waals surface area contributed by atoms with Gasteiger partial charge in [-0.25, -0.2) is 0 Å². The van der Waals surface area contributed by atoms with Gasteiger partial charge in [-0.1, -0.05) is 11.8 Å². The number of nitrogens with one attached hydrogen (secondary N) is 2. The number of methoxy groups -OCH3 is 1. The summed E-state index contributed by atoms with van der Waals surface area (Å²) in [6.45, 7) is 3.32. The third kappa shape index (κ3) is 5.28. The number of hydrogen-bond acceptors (Lipinski definition) is 6. The highest BCUT2D eigenvalue weighted by molar-refractivity contribution is 8.13. The lowest BCUT2D eigenvalue weighted by molar-refractivity contribution is -0.122. The number of rotatable bonds is 7. The van der Waals surface area contributed by atoms with Crippen LogP contribution >= 0.6 is 11.8 Å². The third-order valence-corrected chi connectivity index (χ3v) is 4.39. The summed E-state index contributed by atoms with van der Waals surface area (Å²) >= 11 is 1.24. The quantitative estimate of drug-likeness (QED) is 0.708. The maximum Gasteiger partial charge on any atom is 0.281 e. The summed E-state index contributed by atoms with van der Waals surface area (Å²) in [6.07, 6.45) is 0.124. The summed E-state index contributed by atoms with van der Waals surface area (Å²) in [5.41, 5.74) is 5.01. The molecule has 0 unspecified atom stereocenters. The number of hydrogen-bond donors (Lipinski definition) is 2. The highest BCUT2D eigenvalue weighted by atomic mass is 32.2. The van der Waals surface area contributed by atoms with Crippen molar-refractivity contribution >= 4 is 28.8 Å². The molecule has 0 bridgehead atoms. The highest BCUT2D eigenvalue weighted by Gasteiger charge is 2.21. The van der Waals surface area contributed by atoms with Gasteiger partial charge in [0.1, 0.15) is 0 Å². The number of carbonyl (C=O) groups is 3.